The molecule has 0 saturated carbocycles. The van der Waals surface area contributed by atoms with Crippen LogP contribution in [0.15, 0.2) is 0 Å². The van der Waals surface area contributed by atoms with Crippen LogP contribution >= 0.6 is 0 Å². The zero-order valence-electron chi connectivity index (χ0n) is 37.9. The van der Waals surface area contributed by atoms with Crippen molar-refractivity contribution in [3.8, 4) is 0 Å². The van der Waals surface area contributed by atoms with Gasteiger partial charge in [-0.25, -0.2) is 4.79 Å². The highest BCUT2D eigenvalue weighted by Crippen LogP contribution is 2.25. The Labute approximate surface area is 355 Å². The highest BCUT2D eigenvalue weighted by molar-refractivity contribution is 5.69. The van der Waals surface area contributed by atoms with E-state index in [2.05, 4.69) is 25.7 Å². The van der Waals surface area contributed by atoms with Crippen molar-refractivity contribution in [3.63, 3.8) is 0 Å². The highest BCUT2D eigenvalue weighted by Gasteiger charge is 2.17. The lowest BCUT2D eigenvalue weighted by Gasteiger charge is -2.19. The van der Waals surface area contributed by atoms with Crippen LogP contribution in [0.1, 0.15) is 239 Å². The number of esters is 1. The summed E-state index contributed by atoms with van der Waals surface area (Å²) in [6.07, 6.45) is 33.4. The molecule has 0 saturated heterocycles. The van der Waals surface area contributed by atoms with Crippen LogP contribution in [0.5, 0.6) is 0 Å². The van der Waals surface area contributed by atoms with E-state index in [0.29, 0.717) is 25.4 Å². The second kappa shape index (κ2) is 42.8. The number of carboxylic acids is 2. The van der Waals surface area contributed by atoms with E-state index in [0.717, 1.165) is 122 Å². The van der Waals surface area contributed by atoms with Gasteiger partial charge < -0.3 is 29.3 Å². The van der Waals surface area contributed by atoms with Crippen molar-refractivity contribution >= 4 is 24.1 Å². The topological polar surface area (TPSA) is 140 Å². The molecule has 2 N–H and O–H groups in total. The molecule has 0 aromatic heterocycles. The SMILES string of the molecule is CCCCCCCCCCCCC(CCOC(=O)CCCCC(CCCCCCCCC(=O)O)CCCCCCCCC(=O)O)OC(=O)OCCCCN(CC)CC. The van der Waals surface area contributed by atoms with Gasteiger partial charge in [0.1, 0.15) is 6.10 Å². The predicted molar refractivity (Wildman–Crippen MR) is 236 cm³/mol. The van der Waals surface area contributed by atoms with Crippen LogP contribution in [-0.4, -0.2) is 78.1 Å². The van der Waals surface area contributed by atoms with E-state index in [1.165, 1.54) is 89.9 Å². The molecule has 0 fully saturated rings. The minimum Gasteiger partial charge on any atom is -0.481 e. The standard InChI is InChI=1S/C48H91NO9/c1-4-7-8-9-10-11-12-13-20-25-35-44(58-48(55)57-41-31-30-40-49(5-2)6-3)39-42-56-47(54)38-29-28-34-43(32-23-18-14-16-21-26-36-45(50)51)33-24-19-15-17-22-27-37-46(52)53/h43-44H,4-42H2,1-3H3,(H,50,51)(H,52,53). The summed E-state index contributed by atoms with van der Waals surface area (Å²) in [6, 6.07) is 0. The van der Waals surface area contributed by atoms with E-state index in [1.54, 1.807) is 0 Å². The van der Waals surface area contributed by atoms with Crippen molar-refractivity contribution in [1.29, 1.82) is 0 Å². The van der Waals surface area contributed by atoms with Crippen molar-refractivity contribution in [2.75, 3.05) is 32.8 Å². The first-order valence-corrected chi connectivity index (χ1v) is 24.4. The Bertz CT molecular complexity index is 927. The summed E-state index contributed by atoms with van der Waals surface area (Å²) in [4.78, 5) is 49.2. The number of unbranched alkanes of at least 4 members (excludes halogenated alkanes) is 21. The first kappa shape index (κ1) is 55.6. The summed E-state index contributed by atoms with van der Waals surface area (Å²) in [5.74, 6) is -0.969. The molecule has 342 valence electrons. The van der Waals surface area contributed by atoms with Crippen LogP contribution < -0.4 is 0 Å². The summed E-state index contributed by atoms with van der Waals surface area (Å²) >= 11 is 0. The molecule has 0 rings (SSSR count). The first-order valence-electron chi connectivity index (χ1n) is 24.4. The molecule has 0 aliphatic rings. The number of aliphatic carboxylic acids is 2. The summed E-state index contributed by atoms with van der Waals surface area (Å²) < 4.78 is 16.8. The second-order valence-corrected chi connectivity index (χ2v) is 16.8. The van der Waals surface area contributed by atoms with Crippen LogP contribution in [0.3, 0.4) is 0 Å². The zero-order chi connectivity index (χ0) is 42.7. The molecular formula is C48H91NO9. The van der Waals surface area contributed by atoms with Gasteiger partial charge in [-0.05, 0) is 70.5 Å². The Morgan fingerprint density at radius 1 is 0.448 bits per heavy atom. The summed E-state index contributed by atoms with van der Waals surface area (Å²) in [6.45, 7) is 10.2. The number of hydrogen-bond donors (Lipinski definition) is 2. The lowest BCUT2D eigenvalue weighted by atomic mass is 9.89. The number of rotatable bonds is 45. The van der Waals surface area contributed by atoms with Crippen molar-refractivity contribution in [2.45, 2.75) is 245 Å². The van der Waals surface area contributed by atoms with Crippen LogP contribution in [0, 0.1) is 5.92 Å². The molecule has 0 heterocycles. The number of carbonyl (C=O) groups is 4. The average molecular weight is 826 g/mol. The third-order valence-corrected chi connectivity index (χ3v) is 11.6. The largest absolute Gasteiger partial charge is 0.508 e. The molecule has 0 amide bonds. The summed E-state index contributed by atoms with van der Waals surface area (Å²) in [5, 5.41) is 17.7. The van der Waals surface area contributed by atoms with E-state index < -0.39 is 18.1 Å². The summed E-state index contributed by atoms with van der Waals surface area (Å²) in [7, 11) is 0. The fourth-order valence-electron chi connectivity index (χ4n) is 7.77. The van der Waals surface area contributed by atoms with Gasteiger partial charge in [0, 0.05) is 25.7 Å². The quantitative estimate of drug-likeness (QED) is 0.0450. The maximum Gasteiger partial charge on any atom is 0.508 e. The number of carboxylic acid groups (broad SMARTS) is 2. The Morgan fingerprint density at radius 3 is 1.36 bits per heavy atom. The molecule has 0 radical (unpaired) electrons. The molecule has 58 heavy (non-hydrogen) atoms. The molecule has 0 bridgehead atoms. The van der Waals surface area contributed by atoms with Crippen LogP contribution in [0.4, 0.5) is 4.79 Å². The zero-order valence-corrected chi connectivity index (χ0v) is 37.9. The fraction of sp³-hybridized carbons (Fsp3) is 0.917. The first-order chi connectivity index (χ1) is 28.2. The lowest BCUT2D eigenvalue weighted by molar-refractivity contribution is -0.144. The van der Waals surface area contributed by atoms with Gasteiger partial charge in [0.25, 0.3) is 0 Å². The molecule has 1 atom stereocenters. The molecule has 0 aliphatic carbocycles. The molecular weight excluding hydrogens is 735 g/mol. The summed E-state index contributed by atoms with van der Waals surface area (Å²) in [5.41, 5.74) is 0. The molecule has 1 unspecified atom stereocenters. The fourth-order valence-corrected chi connectivity index (χ4v) is 7.77. The van der Waals surface area contributed by atoms with Gasteiger partial charge in [0.2, 0.25) is 0 Å². The van der Waals surface area contributed by atoms with Crippen LogP contribution in [0.25, 0.3) is 0 Å². The van der Waals surface area contributed by atoms with Gasteiger partial charge in [0.05, 0.1) is 13.2 Å². The van der Waals surface area contributed by atoms with Gasteiger partial charge in [-0.15, -0.1) is 0 Å². The van der Waals surface area contributed by atoms with E-state index in [4.69, 9.17) is 24.4 Å². The average Bonchev–Trinajstić information content (AvgIpc) is 3.19. The van der Waals surface area contributed by atoms with Crippen molar-refractivity contribution in [2.24, 2.45) is 5.92 Å². The maximum atomic E-state index is 12.7. The number of carbonyl (C=O) groups excluding carboxylic acids is 2. The minimum absolute atomic E-state index is 0.184. The van der Waals surface area contributed by atoms with E-state index in [1.807, 2.05) is 0 Å². The molecule has 10 nitrogen and oxygen atoms in total. The maximum absolute atomic E-state index is 12.7. The minimum atomic E-state index is -0.712. The van der Waals surface area contributed by atoms with E-state index in [9.17, 15) is 19.2 Å². The number of ether oxygens (including phenoxy) is 3. The van der Waals surface area contributed by atoms with Crippen molar-refractivity contribution in [1.82, 2.24) is 4.90 Å². The van der Waals surface area contributed by atoms with Gasteiger partial charge in [-0.1, -0.05) is 168 Å². The van der Waals surface area contributed by atoms with Crippen LogP contribution in [-0.2, 0) is 28.6 Å². The predicted octanol–water partition coefficient (Wildman–Crippen LogP) is 13.5. The Kier molecular flexibility index (Phi) is 41.0. The van der Waals surface area contributed by atoms with Crippen molar-refractivity contribution in [3.05, 3.63) is 0 Å². The molecule has 10 heteroatoms. The molecule has 0 spiro atoms. The molecule has 0 aromatic carbocycles. The normalized spacial score (nSPS) is 11.9. The van der Waals surface area contributed by atoms with Gasteiger partial charge >= 0.3 is 24.1 Å². The number of hydrogen-bond acceptors (Lipinski definition) is 8. The Morgan fingerprint density at radius 2 is 0.879 bits per heavy atom. The molecule has 0 aliphatic heterocycles. The molecule has 0 aromatic rings. The monoisotopic (exact) mass is 826 g/mol. The highest BCUT2D eigenvalue weighted by atomic mass is 16.7. The van der Waals surface area contributed by atoms with Crippen molar-refractivity contribution < 1.29 is 43.6 Å². The van der Waals surface area contributed by atoms with Gasteiger partial charge in [-0.2, -0.15) is 0 Å². The van der Waals surface area contributed by atoms with Gasteiger partial charge in [0.15, 0.2) is 0 Å². The smallest absolute Gasteiger partial charge is 0.481 e. The third-order valence-electron chi connectivity index (χ3n) is 11.6. The van der Waals surface area contributed by atoms with Gasteiger partial charge in [-0.3, -0.25) is 14.4 Å². The lowest BCUT2D eigenvalue weighted by Crippen LogP contribution is -2.24. The van der Waals surface area contributed by atoms with Crippen LogP contribution in [0.2, 0.25) is 0 Å². The number of nitrogens with zero attached hydrogens (tertiary/aromatic N) is 1. The van der Waals surface area contributed by atoms with E-state index in [-0.39, 0.29) is 31.5 Å². The van der Waals surface area contributed by atoms with E-state index >= 15 is 0 Å². The third kappa shape index (κ3) is 40.4. The second-order valence-electron chi connectivity index (χ2n) is 16.8. The Hall–Kier alpha value is -2.36. The Balaban J connectivity index is 4.67.